The Balaban J connectivity index is 1.58. The molecule has 1 amide bonds. The molecule has 128 valence electrons. The molecular weight excluding hydrogens is 316 g/mol. The number of carbonyl (C=O) groups is 2. The van der Waals surface area contributed by atoms with Crippen LogP contribution < -0.4 is 9.80 Å². The SMILES string of the molecule is O=C1CC[C@H](C(=O)N2CCN(Cc3ccccc3)c3ccccc32)O1. The Hall–Kier alpha value is -2.82. The van der Waals surface area contributed by atoms with E-state index in [-0.39, 0.29) is 11.9 Å². The number of esters is 1. The average molecular weight is 336 g/mol. The number of carbonyl (C=O) groups excluding carboxylic acids is 2. The summed E-state index contributed by atoms with van der Waals surface area (Å²) in [7, 11) is 0. The van der Waals surface area contributed by atoms with Crippen LogP contribution in [0.5, 0.6) is 0 Å². The van der Waals surface area contributed by atoms with Crippen LogP contribution in [0.1, 0.15) is 18.4 Å². The van der Waals surface area contributed by atoms with Crippen molar-refractivity contribution in [3.8, 4) is 0 Å². The molecule has 2 aromatic rings. The van der Waals surface area contributed by atoms with Crippen molar-refractivity contribution in [1.29, 1.82) is 0 Å². The van der Waals surface area contributed by atoms with Gasteiger partial charge in [0.1, 0.15) is 0 Å². The highest BCUT2D eigenvalue weighted by atomic mass is 16.6. The molecule has 2 aromatic carbocycles. The summed E-state index contributed by atoms with van der Waals surface area (Å²) in [6, 6.07) is 18.2. The largest absolute Gasteiger partial charge is 0.452 e. The number of nitrogens with zero attached hydrogens (tertiary/aromatic N) is 2. The highest BCUT2D eigenvalue weighted by Gasteiger charge is 2.36. The number of benzene rings is 2. The molecule has 0 aromatic heterocycles. The first-order valence-electron chi connectivity index (χ1n) is 8.61. The molecule has 0 aliphatic carbocycles. The lowest BCUT2D eigenvalue weighted by Crippen LogP contribution is -2.47. The predicted molar refractivity (Wildman–Crippen MR) is 95.4 cm³/mol. The van der Waals surface area contributed by atoms with Crippen LogP contribution >= 0.6 is 0 Å². The number of ether oxygens (including phenoxy) is 1. The minimum Gasteiger partial charge on any atom is -0.452 e. The van der Waals surface area contributed by atoms with Gasteiger partial charge in [-0.05, 0) is 17.7 Å². The quantitative estimate of drug-likeness (QED) is 0.809. The van der Waals surface area contributed by atoms with E-state index in [4.69, 9.17) is 4.74 Å². The van der Waals surface area contributed by atoms with Crippen LogP contribution in [-0.4, -0.2) is 31.1 Å². The topological polar surface area (TPSA) is 49.9 Å². The molecule has 1 saturated heterocycles. The number of rotatable bonds is 3. The summed E-state index contributed by atoms with van der Waals surface area (Å²) in [6.07, 6.45) is 0.164. The molecule has 5 heteroatoms. The van der Waals surface area contributed by atoms with E-state index in [1.54, 1.807) is 4.90 Å². The molecule has 0 bridgehead atoms. The Bertz CT molecular complexity index is 791. The Kier molecular flexibility index (Phi) is 4.14. The van der Waals surface area contributed by atoms with E-state index in [1.165, 1.54) is 5.56 Å². The monoisotopic (exact) mass is 336 g/mol. The van der Waals surface area contributed by atoms with E-state index < -0.39 is 6.10 Å². The zero-order valence-corrected chi connectivity index (χ0v) is 13.9. The van der Waals surface area contributed by atoms with E-state index in [2.05, 4.69) is 17.0 Å². The number of amides is 1. The summed E-state index contributed by atoms with van der Waals surface area (Å²) in [6.45, 7) is 2.15. The second-order valence-electron chi connectivity index (χ2n) is 6.40. The lowest BCUT2D eigenvalue weighted by atomic mass is 10.1. The third kappa shape index (κ3) is 3.09. The first-order chi connectivity index (χ1) is 12.2. The maximum atomic E-state index is 12.8. The average Bonchev–Trinajstić information content (AvgIpc) is 3.09. The number of hydrogen-bond donors (Lipinski definition) is 0. The van der Waals surface area contributed by atoms with Gasteiger partial charge in [0.15, 0.2) is 6.10 Å². The molecule has 0 N–H and O–H groups in total. The fraction of sp³-hybridized carbons (Fsp3) is 0.300. The Morgan fingerprint density at radius 1 is 1.00 bits per heavy atom. The van der Waals surface area contributed by atoms with Crippen molar-refractivity contribution < 1.29 is 14.3 Å². The van der Waals surface area contributed by atoms with Crippen LogP contribution in [0.25, 0.3) is 0 Å². The lowest BCUT2D eigenvalue weighted by molar-refractivity contribution is -0.147. The minimum absolute atomic E-state index is 0.113. The van der Waals surface area contributed by atoms with Gasteiger partial charge in [0.05, 0.1) is 11.4 Å². The molecule has 2 aliphatic heterocycles. The maximum absolute atomic E-state index is 12.8. The van der Waals surface area contributed by atoms with Crippen molar-refractivity contribution in [2.24, 2.45) is 0 Å². The van der Waals surface area contributed by atoms with Gasteiger partial charge in [-0.15, -0.1) is 0 Å². The number of para-hydroxylation sites is 2. The van der Waals surface area contributed by atoms with Gasteiger partial charge >= 0.3 is 5.97 Å². The second-order valence-corrected chi connectivity index (χ2v) is 6.40. The third-order valence-corrected chi connectivity index (χ3v) is 4.75. The molecule has 5 nitrogen and oxygen atoms in total. The Labute approximate surface area is 146 Å². The standard InChI is InChI=1S/C20H20N2O3/c23-19-11-10-18(25-19)20(24)22-13-12-21(14-15-6-2-1-3-7-15)16-8-4-5-9-17(16)22/h1-9,18H,10-14H2/t18-/m1/s1. The molecule has 2 aliphatic rings. The first kappa shape index (κ1) is 15.7. The third-order valence-electron chi connectivity index (χ3n) is 4.75. The van der Waals surface area contributed by atoms with Crippen LogP contribution in [-0.2, 0) is 20.9 Å². The molecule has 2 heterocycles. The summed E-state index contributed by atoms with van der Waals surface area (Å²) in [5.74, 6) is -0.396. The lowest BCUT2D eigenvalue weighted by Gasteiger charge is -2.38. The predicted octanol–water partition coefficient (Wildman–Crippen LogP) is 2.75. The van der Waals surface area contributed by atoms with Gasteiger partial charge in [-0.25, -0.2) is 0 Å². The number of fused-ring (bicyclic) bond motifs is 1. The van der Waals surface area contributed by atoms with Crippen LogP contribution in [0.4, 0.5) is 11.4 Å². The summed E-state index contributed by atoms with van der Waals surface area (Å²) in [4.78, 5) is 28.2. The number of cyclic esters (lactones) is 1. The summed E-state index contributed by atoms with van der Waals surface area (Å²) >= 11 is 0. The van der Waals surface area contributed by atoms with Gasteiger partial charge in [-0.2, -0.15) is 0 Å². The highest BCUT2D eigenvalue weighted by molar-refractivity contribution is 6.02. The first-order valence-corrected chi connectivity index (χ1v) is 8.61. The minimum atomic E-state index is -0.638. The molecule has 0 unspecified atom stereocenters. The van der Waals surface area contributed by atoms with Crippen molar-refractivity contribution in [1.82, 2.24) is 0 Å². The summed E-state index contributed by atoms with van der Waals surface area (Å²) in [5.41, 5.74) is 3.16. The van der Waals surface area contributed by atoms with E-state index in [0.717, 1.165) is 24.5 Å². The van der Waals surface area contributed by atoms with Gasteiger partial charge in [-0.1, -0.05) is 42.5 Å². The van der Waals surface area contributed by atoms with Crippen molar-refractivity contribution >= 4 is 23.3 Å². The Morgan fingerprint density at radius 2 is 1.72 bits per heavy atom. The molecule has 0 spiro atoms. The van der Waals surface area contributed by atoms with Crippen LogP contribution in [0.15, 0.2) is 54.6 Å². The smallest absolute Gasteiger partial charge is 0.306 e. The zero-order chi connectivity index (χ0) is 17.2. The van der Waals surface area contributed by atoms with Gasteiger partial charge in [0.2, 0.25) is 0 Å². The molecular formula is C20H20N2O3. The fourth-order valence-electron chi connectivity index (χ4n) is 3.49. The van der Waals surface area contributed by atoms with Crippen molar-refractivity contribution in [2.75, 3.05) is 22.9 Å². The van der Waals surface area contributed by atoms with E-state index in [0.29, 0.717) is 19.4 Å². The van der Waals surface area contributed by atoms with Gasteiger partial charge < -0.3 is 14.5 Å². The van der Waals surface area contributed by atoms with Crippen molar-refractivity contribution in [3.63, 3.8) is 0 Å². The highest BCUT2D eigenvalue weighted by Crippen LogP contribution is 2.35. The molecule has 0 saturated carbocycles. The van der Waals surface area contributed by atoms with E-state index in [9.17, 15) is 9.59 Å². The van der Waals surface area contributed by atoms with Crippen LogP contribution in [0, 0.1) is 0 Å². The summed E-state index contributed by atoms with van der Waals surface area (Å²) < 4.78 is 5.17. The molecule has 0 radical (unpaired) electrons. The molecule has 1 atom stereocenters. The van der Waals surface area contributed by atoms with E-state index in [1.807, 2.05) is 42.5 Å². The van der Waals surface area contributed by atoms with Crippen molar-refractivity contribution in [3.05, 3.63) is 60.2 Å². The van der Waals surface area contributed by atoms with Gasteiger partial charge in [-0.3, -0.25) is 9.59 Å². The number of anilines is 2. The molecule has 1 fully saturated rings. The maximum Gasteiger partial charge on any atom is 0.306 e. The van der Waals surface area contributed by atoms with Gasteiger partial charge in [0, 0.05) is 32.5 Å². The van der Waals surface area contributed by atoms with Crippen LogP contribution in [0.2, 0.25) is 0 Å². The van der Waals surface area contributed by atoms with Gasteiger partial charge in [0.25, 0.3) is 5.91 Å². The van der Waals surface area contributed by atoms with Crippen LogP contribution in [0.3, 0.4) is 0 Å². The van der Waals surface area contributed by atoms with E-state index >= 15 is 0 Å². The number of hydrogen-bond acceptors (Lipinski definition) is 4. The normalized spacial score (nSPS) is 19.5. The zero-order valence-electron chi connectivity index (χ0n) is 13.9. The fourth-order valence-corrected chi connectivity index (χ4v) is 3.49. The molecule has 25 heavy (non-hydrogen) atoms. The summed E-state index contributed by atoms with van der Waals surface area (Å²) in [5, 5.41) is 0. The molecule has 4 rings (SSSR count). The van der Waals surface area contributed by atoms with Crippen molar-refractivity contribution in [2.45, 2.75) is 25.5 Å². The second kappa shape index (κ2) is 6.59. The Morgan fingerprint density at radius 3 is 2.44 bits per heavy atom.